The Morgan fingerprint density at radius 3 is 2.25 bits per heavy atom. The van der Waals surface area contributed by atoms with Crippen molar-refractivity contribution < 1.29 is 22.7 Å². The number of amides is 2. The lowest BCUT2D eigenvalue weighted by Crippen LogP contribution is -2.52. The number of anilines is 1. The fourth-order valence-electron chi connectivity index (χ4n) is 3.91. The third kappa shape index (κ3) is 7.90. The summed E-state index contributed by atoms with van der Waals surface area (Å²) in [5.41, 5.74) is 0.916. The van der Waals surface area contributed by atoms with Crippen LogP contribution in [0.25, 0.3) is 0 Å². The second-order valence-corrected chi connectivity index (χ2v) is 12.0. The molecule has 3 rings (SSSR count). The SMILES string of the molecule is CC[C@H](C)NC(=O)[C@@H](C)N(Cc1cccc(OC)c1)C(=O)CN(c1cccc(Cl)c1)S(=O)(=O)c1ccc(Cl)cc1. The van der Waals surface area contributed by atoms with Gasteiger partial charge in [0, 0.05) is 22.6 Å². The van der Waals surface area contributed by atoms with Crippen molar-refractivity contribution in [3.63, 3.8) is 0 Å². The molecular formula is C29H33Cl2N3O5S. The number of carbonyl (C=O) groups is 2. The largest absolute Gasteiger partial charge is 0.497 e. The van der Waals surface area contributed by atoms with E-state index in [0.29, 0.717) is 27.8 Å². The average molecular weight is 607 g/mol. The van der Waals surface area contributed by atoms with Crippen LogP contribution in [0.15, 0.2) is 77.7 Å². The second kappa shape index (κ2) is 13.9. The summed E-state index contributed by atoms with van der Waals surface area (Å²) >= 11 is 12.2. The van der Waals surface area contributed by atoms with Gasteiger partial charge in [0.25, 0.3) is 10.0 Å². The lowest BCUT2D eigenvalue weighted by Gasteiger charge is -2.32. The number of halogens is 2. The van der Waals surface area contributed by atoms with E-state index in [1.807, 2.05) is 13.8 Å². The zero-order valence-electron chi connectivity index (χ0n) is 22.8. The summed E-state index contributed by atoms with van der Waals surface area (Å²) in [4.78, 5) is 28.4. The van der Waals surface area contributed by atoms with Crippen LogP contribution in [0.2, 0.25) is 10.0 Å². The summed E-state index contributed by atoms with van der Waals surface area (Å²) in [6, 6.07) is 18.0. The van der Waals surface area contributed by atoms with Gasteiger partial charge >= 0.3 is 0 Å². The highest BCUT2D eigenvalue weighted by Crippen LogP contribution is 2.27. The van der Waals surface area contributed by atoms with Crippen LogP contribution in [0.3, 0.4) is 0 Å². The average Bonchev–Trinajstić information content (AvgIpc) is 2.94. The summed E-state index contributed by atoms with van der Waals surface area (Å²) in [6.45, 7) is 4.91. The highest BCUT2D eigenvalue weighted by molar-refractivity contribution is 7.92. The molecule has 0 aliphatic rings. The molecule has 1 N–H and O–H groups in total. The first-order valence-corrected chi connectivity index (χ1v) is 14.9. The minimum absolute atomic E-state index is 0.0495. The molecule has 0 heterocycles. The molecule has 8 nitrogen and oxygen atoms in total. The van der Waals surface area contributed by atoms with Gasteiger partial charge < -0.3 is 15.0 Å². The van der Waals surface area contributed by atoms with Crippen LogP contribution in [-0.2, 0) is 26.2 Å². The summed E-state index contributed by atoms with van der Waals surface area (Å²) < 4.78 is 33.9. The summed E-state index contributed by atoms with van der Waals surface area (Å²) in [7, 11) is -2.68. The minimum atomic E-state index is -4.22. The summed E-state index contributed by atoms with van der Waals surface area (Å²) in [6.07, 6.45) is 0.712. The van der Waals surface area contributed by atoms with E-state index in [0.717, 1.165) is 4.31 Å². The maximum Gasteiger partial charge on any atom is 0.264 e. The maximum absolute atomic E-state index is 14.0. The van der Waals surface area contributed by atoms with E-state index in [4.69, 9.17) is 27.9 Å². The fraction of sp³-hybridized carbons (Fsp3) is 0.310. The molecule has 3 aromatic rings. The van der Waals surface area contributed by atoms with E-state index < -0.39 is 28.5 Å². The molecule has 0 bridgehead atoms. The van der Waals surface area contributed by atoms with Crippen molar-refractivity contribution in [2.45, 2.75) is 50.7 Å². The number of ether oxygens (including phenoxy) is 1. The standard InChI is InChI=1S/C29H33Cl2N3O5S/c1-5-20(2)32-29(36)21(3)33(18-22-8-6-11-26(16-22)39-4)28(35)19-34(25-10-7-9-24(31)17-25)40(37,38)27-14-12-23(30)13-15-27/h6-17,20-21H,5,18-19H2,1-4H3,(H,32,36)/t20-,21+/m0/s1. The Labute approximate surface area is 245 Å². The molecule has 0 radical (unpaired) electrons. The molecule has 0 spiro atoms. The molecule has 2 amide bonds. The first-order valence-electron chi connectivity index (χ1n) is 12.7. The Kier molecular flexibility index (Phi) is 10.8. The third-order valence-electron chi connectivity index (χ3n) is 6.43. The summed E-state index contributed by atoms with van der Waals surface area (Å²) in [5, 5.41) is 3.58. The van der Waals surface area contributed by atoms with E-state index >= 15 is 0 Å². The predicted octanol–water partition coefficient (Wildman–Crippen LogP) is 5.53. The Morgan fingerprint density at radius 2 is 1.62 bits per heavy atom. The van der Waals surface area contributed by atoms with Crippen molar-refractivity contribution >= 4 is 50.7 Å². The fourth-order valence-corrected chi connectivity index (χ4v) is 5.63. The van der Waals surface area contributed by atoms with E-state index in [1.165, 1.54) is 42.3 Å². The predicted molar refractivity (Wildman–Crippen MR) is 158 cm³/mol. The second-order valence-electron chi connectivity index (χ2n) is 9.31. The monoisotopic (exact) mass is 605 g/mol. The van der Waals surface area contributed by atoms with Crippen LogP contribution < -0.4 is 14.4 Å². The molecule has 0 aliphatic carbocycles. The van der Waals surface area contributed by atoms with Crippen molar-refractivity contribution in [2.75, 3.05) is 18.0 Å². The minimum Gasteiger partial charge on any atom is -0.497 e. The van der Waals surface area contributed by atoms with E-state index in [9.17, 15) is 18.0 Å². The zero-order chi connectivity index (χ0) is 29.4. The molecule has 3 aromatic carbocycles. The Balaban J connectivity index is 2.03. The van der Waals surface area contributed by atoms with Crippen molar-refractivity contribution in [2.24, 2.45) is 0 Å². The number of nitrogens with one attached hydrogen (secondary N) is 1. The van der Waals surface area contributed by atoms with Gasteiger partial charge in [-0.05, 0) is 80.4 Å². The van der Waals surface area contributed by atoms with Gasteiger partial charge in [-0.3, -0.25) is 13.9 Å². The Hall–Kier alpha value is -3.27. The molecular weight excluding hydrogens is 573 g/mol. The number of hydrogen-bond donors (Lipinski definition) is 1. The number of rotatable bonds is 12. The van der Waals surface area contributed by atoms with Crippen molar-refractivity contribution in [3.8, 4) is 5.75 Å². The smallest absolute Gasteiger partial charge is 0.264 e. The van der Waals surface area contributed by atoms with Gasteiger partial charge in [0.1, 0.15) is 18.3 Å². The maximum atomic E-state index is 14.0. The number of carbonyl (C=O) groups excluding carboxylic acids is 2. The highest BCUT2D eigenvalue weighted by Gasteiger charge is 2.33. The molecule has 0 aliphatic heterocycles. The lowest BCUT2D eigenvalue weighted by molar-refractivity contribution is -0.139. The van der Waals surface area contributed by atoms with Crippen LogP contribution in [0.1, 0.15) is 32.8 Å². The van der Waals surface area contributed by atoms with Crippen molar-refractivity contribution in [3.05, 3.63) is 88.4 Å². The van der Waals surface area contributed by atoms with Gasteiger partial charge in [0.15, 0.2) is 0 Å². The number of hydrogen-bond acceptors (Lipinski definition) is 5. The zero-order valence-corrected chi connectivity index (χ0v) is 25.1. The van der Waals surface area contributed by atoms with E-state index in [2.05, 4.69) is 5.32 Å². The normalized spacial score (nSPS) is 12.8. The molecule has 214 valence electrons. The van der Waals surface area contributed by atoms with Crippen LogP contribution >= 0.6 is 23.2 Å². The quantitative estimate of drug-likeness (QED) is 0.293. The molecule has 40 heavy (non-hydrogen) atoms. The molecule has 0 unspecified atom stereocenters. The number of methoxy groups -OCH3 is 1. The molecule has 0 saturated heterocycles. The van der Waals surface area contributed by atoms with Gasteiger partial charge in [-0.15, -0.1) is 0 Å². The first kappa shape index (κ1) is 31.3. The molecule has 0 saturated carbocycles. The lowest BCUT2D eigenvalue weighted by atomic mass is 10.1. The van der Waals surface area contributed by atoms with Crippen LogP contribution in [0, 0.1) is 0 Å². The van der Waals surface area contributed by atoms with Crippen molar-refractivity contribution in [1.82, 2.24) is 10.2 Å². The molecule has 0 fully saturated rings. The Bertz CT molecular complexity index is 1430. The van der Waals surface area contributed by atoms with Gasteiger partial charge in [-0.2, -0.15) is 0 Å². The van der Waals surface area contributed by atoms with Gasteiger partial charge in [-0.1, -0.05) is 48.3 Å². The molecule has 2 atom stereocenters. The first-order chi connectivity index (χ1) is 19.0. The van der Waals surface area contributed by atoms with Crippen LogP contribution in [0.5, 0.6) is 5.75 Å². The van der Waals surface area contributed by atoms with Crippen LogP contribution in [0.4, 0.5) is 5.69 Å². The highest BCUT2D eigenvalue weighted by atomic mass is 35.5. The Morgan fingerprint density at radius 1 is 0.950 bits per heavy atom. The van der Waals surface area contributed by atoms with E-state index in [1.54, 1.807) is 49.4 Å². The molecule has 0 aromatic heterocycles. The molecule has 11 heteroatoms. The van der Waals surface area contributed by atoms with E-state index in [-0.39, 0.29) is 29.1 Å². The van der Waals surface area contributed by atoms with Gasteiger partial charge in [0.2, 0.25) is 11.8 Å². The number of nitrogens with zero attached hydrogens (tertiary/aromatic N) is 2. The third-order valence-corrected chi connectivity index (χ3v) is 8.71. The number of sulfonamides is 1. The number of benzene rings is 3. The topological polar surface area (TPSA) is 96.0 Å². The summed E-state index contributed by atoms with van der Waals surface area (Å²) in [5.74, 6) is -0.333. The van der Waals surface area contributed by atoms with Gasteiger partial charge in [0.05, 0.1) is 17.7 Å². The van der Waals surface area contributed by atoms with Crippen molar-refractivity contribution in [1.29, 1.82) is 0 Å². The van der Waals surface area contributed by atoms with Crippen LogP contribution in [-0.4, -0.2) is 50.9 Å². The van der Waals surface area contributed by atoms with Gasteiger partial charge in [-0.25, -0.2) is 8.42 Å².